The summed E-state index contributed by atoms with van der Waals surface area (Å²) in [4.78, 5) is 16.9. The van der Waals surface area contributed by atoms with Crippen LogP contribution in [0.2, 0.25) is 0 Å². The maximum atomic E-state index is 12.4. The summed E-state index contributed by atoms with van der Waals surface area (Å²) in [5.74, 6) is 0.451. The number of aryl methyl sites for hydroxylation is 3. The van der Waals surface area contributed by atoms with E-state index >= 15 is 0 Å². The molecule has 0 saturated carbocycles. The Bertz CT molecular complexity index is 919. The fraction of sp³-hybridized carbons (Fsp3) is 0.238. The Morgan fingerprint density at radius 2 is 1.77 bits per heavy atom. The van der Waals surface area contributed by atoms with E-state index in [1.54, 1.807) is 6.92 Å². The lowest BCUT2D eigenvalue weighted by atomic mass is 9.99. The monoisotopic (exact) mass is 366 g/mol. The summed E-state index contributed by atoms with van der Waals surface area (Å²) in [5, 5.41) is 5.38. The second-order valence-electron chi connectivity index (χ2n) is 6.35. The zero-order valence-electron chi connectivity index (χ0n) is 15.4. The van der Waals surface area contributed by atoms with Crippen LogP contribution in [0.3, 0.4) is 0 Å². The lowest BCUT2D eigenvalue weighted by molar-refractivity contribution is -0.122. The van der Waals surface area contributed by atoms with E-state index in [0.717, 1.165) is 11.3 Å². The van der Waals surface area contributed by atoms with Gasteiger partial charge in [0.25, 0.3) is 5.91 Å². The normalized spacial score (nSPS) is 11.8. The average Bonchev–Trinajstić information content (AvgIpc) is 3.07. The van der Waals surface area contributed by atoms with Gasteiger partial charge in [-0.05, 0) is 62.6 Å². The lowest BCUT2D eigenvalue weighted by Gasteiger charge is -2.13. The standard InChI is InChI=1S/C21H22N2O2S/c1-13-10-15(3)18(11-14(13)2)19-12-26-21(22-19)23-20(24)16(4)25-17-8-6-5-7-9-17/h5-12,16H,1-4H3,(H,22,23,24)/t16-/m1/s1. The number of benzene rings is 2. The van der Waals surface area contributed by atoms with Gasteiger partial charge in [-0.15, -0.1) is 11.3 Å². The smallest absolute Gasteiger partial charge is 0.266 e. The Kier molecular flexibility index (Phi) is 5.38. The van der Waals surface area contributed by atoms with Crippen LogP contribution < -0.4 is 10.1 Å². The minimum atomic E-state index is -0.604. The molecule has 2 aromatic carbocycles. The molecule has 0 aliphatic carbocycles. The number of carbonyl (C=O) groups is 1. The van der Waals surface area contributed by atoms with E-state index in [9.17, 15) is 4.79 Å². The summed E-state index contributed by atoms with van der Waals surface area (Å²) in [7, 11) is 0. The van der Waals surface area contributed by atoms with E-state index < -0.39 is 6.10 Å². The summed E-state index contributed by atoms with van der Waals surface area (Å²) in [6.45, 7) is 8.00. The molecule has 5 heteroatoms. The van der Waals surface area contributed by atoms with Gasteiger partial charge in [-0.1, -0.05) is 24.3 Å². The van der Waals surface area contributed by atoms with Crippen molar-refractivity contribution in [3.8, 4) is 17.0 Å². The van der Waals surface area contributed by atoms with Crippen LogP contribution in [0.15, 0.2) is 47.8 Å². The molecule has 0 bridgehead atoms. The molecule has 1 aromatic heterocycles. The van der Waals surface area contributed by atoms with Gasteiger partial charge >= 0.3 is 0 Å². The van der Waals surface area contributed by atoms with Gasteiger partial charge in [-0.3, -0.25) is 10.1 Å². The van der Waals surface area contributed by atoms with Gasteiger partial charge in [0.2, 0.25) is 0 Å². The topological polar surface area (TPSA) is 51.2 Å². The molecule has 1 amide bonds. The molecular formula is C21H22N2O2S. The number of hydrogen-bond donors (Lipinski definition) is 1. The molecule has 3 aromatic rings. The van der Waals surface area contributed by atoms with Crippen molar-refractivity contribution in [3.05, 3.63) is 64.5 Å². The minimum absolute atomic E-state index is 0.216. The third-order valence-electron chi connectivity index (χ3n) is 4.28. The number of thiazole rings is 1. The molecule has 26 heavy (non-hydrogen) atoms. The summed E-state index contributed by atoms with van der Waals surface area (Å²) >= 11 is 1.42. The summed E-state index contributed by atoms with van der Waals surface area (Å²) in [6, 6.07) is 13.6. The number of ether oxygens (including phenoxy) is 1. The van der Waals surface area contributed by atoms with Crippen molar-refractivity contribution in [1.82, 2.24) is 4.98 Å². The average molecular weight is 366 g/mol. The molecule has 0 fully saturated rings. The van der Waals surface area contributed by atoms with Gasteiger partial charge in [-0.2, -0.15) is 0 Å². The highest BCUT2D eigenvalue weighted by Gasteiger charge is 2.17. The zero-order chi connectivity index (χ0) is 18.7. The van der Waals surface area contributed by atoms with Crippen molar-refractivity contribution in [1.29, 1.82) is 0 Å². The van der Waals surface area contributed by atoms with E-state index in [2.05, 4.69) is 43.2 Å². The molecule has 0 saturated heterocycles. The predicted molar refractivity (Wildman–Crippen MR) is 107 cm³/mol. The summed E-state index contributed by atoms with van der Waals surface area (Å²) < 4.78 is 5.65. The van der Waals surface area contributed by atoms with Gasteiger partial charge in [0.05, 0.1) is 5.69 Å². The Labute approximate surface area is 157 Å². The fourth-order valence-corrected chi connectivity index (χ4v) is 3.37. The van der Waals surface area contributed by atoms with E-state index in [1.165, 1.54) is 28.0 Å². The Morgan fingerprint density at radius 3 is 2.50 bits per heavy atom. The number of para-hydroxylation sites is 1. The van der Waals surface area contributed by atoms with E-state index in [4.69, 9.17) is 4.74 Å². The molecule has 0 unspecified atom stereocenters. The number of nitrogens with one attached hydrogen (secondary N) is 1. The first-order chi connectivity index (χ1) is 12.4. The maximum absolute atomic E-state index is 12.4. The second-order valence-corrected chi connectivity index (χ2v) is 7.21. The Hall–Kier alpha value is -2.66. The molecule has 0 radical (unpaired) electrons. The van der Waals surface area contributed by atoms with Gasteiger partial charge in [-0.25, -0.2) is 4.98 Å². The van der Waals surface area contributed by atoms with Crippen molar-refractivity contribution in [2.75, 3.05) is 5.32 Å². The number of nitrogens with zero attached hydrogens (tertiary/aromatic N) is 1. The third-order valence-corrected chi connectivity index (χ3v) is 5.03. The lowest BCUT2D eigenvalue weighted by Crippen LogP contribution is -2.30. The SMILES string of the molecule is Cc1cc(C)c(-c2csc(NC(=O)[C@@H](C)Oc3ccccc3)n2)cc1C. The molecule has 0 aliphatic rings. The molecule has 1 atom stereocenters. The van der Waals surface area contributed by atoms with Crippen LogP contribution in [0.4, 0.5) is 5.13 Å². The van der Waals surface area contributed by atoms with Crippen molar-refractivity contribution < 1.29 is 9.53 Å². The molecular weight excluding hydrogens is 344 g/mol. The van der Waals surface area contributed by atoms with Crippen LogP contribution in [-0.2, 0) is 4.79 Å². The molecule has 1 N–H and O–H groups in total. The minimum Gasteiger partial charge on any atom is -0.481 e. The maximum Gasteiger partial charge on any atom is 0.266 e. The number of amides is 1. The van der Waals surface area contributed by atoms with E-state index in [1.807, 2.05) is 35.7 Å². The first-order valence-corrected chi connectivity index (χ1v) is 9.38. The molecule has 0 spiro atoms. The zero-order valence-corrected chi connectivity index (χ0v) is 16.2. The Balaban J connectivity index is 1.70. The van der Waals surface area contributed by atoms with Crippen molar-refractivity contribution in [2.45, 2.75) is 33.8 Å². The molecule has 0 aliphatic heterocycles. The highest BCUT2D eigenvalue weighted by molar-refractivity contribution is 7.14. The fourth-order valence-electron chi connectivity index (χ4n) is 2.66. The van der Waals surface area contributed by atoms with Crippen molar-refractivity contribution >= 4 is 22.4 Å². The molecule has 134 valence electrons. The summed E-state index contributed by atoms with van der Waals surface area (Å²) in [6.07, 6.45) is -0.604. The summed E-state index contributed by atoms with van der Waals surface area (Å²) in [5.41, 5.74) is 5.65. The largest absolute Gasteiger partial charge is 0.481 e. The molecule has 1 heterocycles. The number of carbonyl (C=O) groups excluding carboxylic acids is 1. The number of rotatable bonds is 5. The number of hydrogen-bond acceptors (Lipinski definition) is 4. The molecule has 3 rings (SSSR count). The van der Waals surface area contributed by atoms with Crippen LogP contribution in [-0.4, -0.2) is 17.0 Å². The highest BCUT2D eigenvalue weighted by Crippen LogP contribution is 2.29. The van der Waals surface area contributed by atoms with Crippen molar-refractivity contribution in [3.63, 3.8) is 0 Å². The molecule has 4 nitrogen and oxygen atoms in total. The van der Waals surface area contributed by atoms with Gasteiger partial charge < -0.3 is 4.74 Å². The third kappa shape index (κ3) is 4.11. The van der Waals surface area contributed by atoms with Gasteiger partial charge in [0.1, 0.15) is 5.75 Å². The van der Waals surface area contributed by atoms with Gasteiger partial charge in [0, 0.05) is 10.9 Å². The van der Waals surface area contributed by atoms with Crippen LogP contribution in [0.5, 0.6) is 5.75 Å². The van der Waals surface area contributed by atoms with Gasteiger partial charge in [0.15, 0.2) is 11.2 Å². The number of anilines is 1. The quantitative estimate of drug-likeness (QED) is 0.680. The van der Waals surface area contributed by atoms with Crippen LogP contribution in [0, 0.1) is 20.8 Å². The first-order valence-electron chi connectivity index (χ1n) is 8.50. The highest BCUT2D eigenvalue weighted by atomic mass is 32.1. The Morgan fingerprint density at radius 1 is 1.08 bits per heavy atom. The first kappa shape index (κ1) is 18.1. The number of aromatic nitrogens is 1. The van der Waals surface area contributed by atoms with E-state index in [0.29, 0.717) is 10.9 Å². The van der Waals surface area contributed by atoms with Crippen LogP contribution in [0.1, 0.15) is 23.6 Å². The van der Waals surface area contributed by atoms with Crippen molar-refractivity contribution in [2.24, 2.45) is 0 Å². The predicted octanol–water partition coefficient (Wildman–Crippen LogP) is 5.14. The van der Waals surface area contributed by atoms with Crippen LogP contribution in [0.25, 0.3) is 11.3 Å². The van der Waals surface area contributed by atoms with Crippen LogP contribution >= 0.6 is 11.3 Å². The van der Waals surface area contributed by atoms with E-state index in [-0.39, 0.29) is 5.91 Å². The second kappa shape index (κ2) is 7.70.